The molecule has 2 fully saturated rings. The van der Waals surface area contributed by atoms with Gasteiger partial charge in [-0.25, -0.2) is 0 Å². The normalized spacial score (nSPS) is 24.0. The van der Waals surface area contributed by atoms with Crippen molar-refractivity contribution in [1.29, 1.82) is 0 Å². The quantitative estimate of drug-likeness (QED) is 0.727. The lowest BCUT2D eigenvalue weighted by molar-refractivity contribution is 0.0843. The van der Waals surface area contributed by atoms with Crippen molar-refractivity contribution in [3.63, 3.8) is 0 Å². The van der Waals surface area contributed by atoms with E-state index in [9.17, 15) is 0 Å². The second-order valence-corrected chi connectivity index (χ2v) is 6.86. The molecule has 0 spiro atoms. The van der Waals surface area contributed by atoms with E-state index in [2.05, 4.69) is 35.9 Å². The molecule has 1 unspecified atom stereocenters. The maximum Gasteiger partial charge on any atom is 0.0221 e. The lowest BCUT2D eigenvalue weighted by Gasteiger charge is -2.40. The van der Waals surface area contributed by atoms with Gasteiger partial charge in [-0.3, -0.25) is 4.90 Å². The number of hydrogen-bond donors (Lipinski definition) is 1. The van der Waals surface area contributed by atoms with E-state index in [4.69, 9.17) is 0 Å². The summed E-state index contributed by atoms with van der Waals surface area (Å²) in [4.78, 5) is 5.37. The summed E-state index contributed by atoms with van der Waals surface area (Å²) in [6, 6.07) is 1.62. The average molecular weight is 267 g/mol. The van der Waals surface area contributed by atoms with Crippen LogP contribution in [0.25, 0.3) is 0 Å². The van der Waals surface area contributed by atoms with Crippen molar-refractivity contribution in [3.05, 3.63) is 0 Å². The Morgan fingerprint density at radius 3 is 2.32 bits per heavy atom. The molecule has 2 rings (SSSR count). The van der Waals surface area contributed by atoms with Gasteiger partial charge in [0.15, 0.2) is 0 Å². The zero-order chi connectivity index (χ0) is 13.7. The van der Waals surface area contributed by atoms with Crippen LogP contribution in [0.5, 0.6) is 0 Å². The van der Waals surface area contributed by atoms with E-state index < -0.39 is 0 Å². The minimum atomic E-state index is 0.770. The van der Waals surface area contributed by atoms with Crippen LogP contribution in [0.2, 0.25) is 0 Å². The van der Waals surface area contributed by atoms with Crippen molar-refractivity contribution < 1.29 is 0 Å². The predicted molar refractivity (Wildman–Crippen MR) is 82.6 cm³/mol. The van der Waals surface area contributed by atoms with Gasteiger partial charge >= 0.3 is 0 Å². The molecule has 0 radical (unpaired) electrons. The zero-order valence-electron chi connectivity index (χ0n) is 13.2. The third kappa shape index (κ3) is 5.41. The Morgan fingerprint density at radius 1 is 1.11 bits per heavy atom. The van der Waals surface area contributed by atoms with E-state index in [1.165, 1.54) is 65.0 Å². The Balaban J connectivity index is 1.72. The summed E-state index contributed by atoms with van der Waals surface area (Å²) in [5.74, 6) is 0.800. The summed E-state index contributed by atoms with van der Waals surface area (Å²) in [6.45, 7) is 14.5. The van der Waals surface area contributed by atoms with Gasteiger partial charge in [-0.05, 0) is 25.2 Å². The van der Waals surface area contributed by atoms with Gasteiger partial charge in [0, 0.05) is 51.4 Å². The van der Waals surface area contributed by atoms with Gasteiger partial charge in [0.05, 0.1) is 0 Å². The fourth-order valence-electron chi connectivity index (χ4n) is 3.16. The smallest absolute Gasteiger partial charge is 0.0221 e. The molecule has 2 aliphatic rings. The molecule has 1 N–H and O–H groups in total. The molecule has 0 amide bonds. The highest BCUT2D eigenvalue weighted by molar-refractivity contribution is 4.85. The van der Waals surface area contributed by atoms with Crippen LogP contribution < -0.4 is 5.32 Å². The molecule has 1 saturated carbocycles. The Hall–Kier alpha value is -0.120. The predicted octanol–water partition coefficient (Wildman–Crippen LogP) is 2.18. The van der Waals surface area contributed by atoms with Crippen molar-refractivity contribution >= 4 is 0 Å². The van der Waals surface area contributed by atoms with Crippen molar-refractivity contribution in [2.75, 3.05) is 39.3 Å². The van der Waals surface area contributed by atoms with Crippen LogP contribution in [0, 0.1) is 5.92 Å². The van der Waals surface area contributed by atoms with E-state index in [-0.39, 0.29) is 0 Å². The van der Waals surface area contributed by atoms with Crippen molar-refractivity contribution in [2.45, 2.75) is 58.5 Å². The molecule has 0 aromatic carbocycles. The number of piperazine rings is 1. The Morgan fingerprint density at radius 2 is 1.79 bits per heavy atom. The van der Waals surface area contributed by atoms with Crippen LogP contribution in [-0.2, 0) is 0 Å². The van der Waals surface area contributed by atoms with Gasteiger partial charge in [-0.1, -0.05) is 27.2 Å². The molecule has 0 aromatic heterocycles. The molecule has 3 nitrogen and oxygen atoms in total. The number of nitrogens with zero attached hydrogens (tertiary/aromatic N) is 2. The van der Waals surface area contributed by atoms with E-state index >= 15 is 0 Å². The zero-order valence-corrected chi connectivity index (χ0v) is 13.2. The van der Waals surface area contributed by atoms with E-state index in [0.717, 1.165) is 18.0 Å². The van der Waals surface area contributed by atoms with E-state index in [1.54, 1.807) is 0 Å². The Labute approximate surface area is 119 Å². The molecule has 19 heavy (non-hydrogen) atoms. The second-order valence-electron chi connectivity index (χ2n) is 6.86. The second kappa shape index (κ2) is 7.61. The third-order valence-electron chi connectivity index (χ3n) is 4.39. The molecule has 0 aromatic rings. The molecule has 1 aliphatic heterocycles. The minimum absolute atomic E-state index is 0.770. The maximum atomic E-state index is 3.73. The Bertz CT molecular complexity index is 242. The topological polar surface area (TPSA) is 18.5 Å². The van der Waals surface area contributed by atoms with Crippen LogP contribution in [-0.4, -0.2) is 61.2 Å². The molecule has 1 atom stereocenters. The summed E-state index contributed by atoms with van der Waals surface area (Å²) >= 11 is 0. The standard InChI is InChI=1S/C16H33N3/c1-4-5-16(12-17-15-6-7-15)19-10-8-18(9-11-19)13-14(2)3/h14-17H,4-13H2,1-3H3. The number of nitrogens with one attached hydrogen (secondary N) is 1. The number of rotatable bonds is 8. The highest BCUT2D eigenvalue weighted by atomic mass is 15.3. The van der Waals surface area contributed by atoms with E-state index in [0.29, 0.717) is 0 Å². The monoisotopic (exact) mass is 267 g/mol. The van der Waals surface area contributed by atoms with Crippen LogP contribution in [0.15, 0.2) is 0 Å². The summed E-state index contributed by atoms with van der Waals surface area (Å²) in [7, 11) is 0. The van der Waals surface area contributed by atoms with Crippen LogP contribution >= 0.6 is 0 Å². The molecule has 0 bridgehead atoms. The molecule has 1 saturated heterocycles. The summed E-state index contributed by atoms with van der Waals surface area (Å²) in [5.41, 5.74) is 0. The Kier molecular flexibility index (Phi) is 6.11. The maximum absolute atomic E-state index is 3.73. The van der Waals surface area contributed by atoms with Crippen LogP contribution in [0.1, 0.15) is 46.5 Å². The van der Waals surface area contributed by atoms with Gasteiger partial charge < -0.3 is 10.2 Å². The molecule has 3 heteroatoms. The first-order chi connectivity index (χ1) is 9.19. The number of hydrogen-bond acceptors (Lipinski definition) is 3. The molecule has 112 valence electrons. The SMILES string of the molecule is CCCC(CNC1CC1)N1CCN(CC(C)C)CC1. The average Bonchev–Trinajstić information content (AvgIpc) is 3.19. The molecule has 1 heterocycles. The first kappa shape index (κ1) is 15.3. The van der Waals surface area contributed by atoms with Crippen molar-refractivity contribution in [3.8, 4) is 0 Å². The van der Waals surface area contributed by atoms with Crippen molar-refractivity contribution in [2.24, 2.45) is 5.92 Å². The minimum Gasteiger partial charge on any atom is -0.312 e. The van der Waals surface area contributed by atoms with Gasteiger partial charge in [-0.15, -0.1) is 0 Å². The summed E-state index contributed by atoms with van der Waals surface area (Å²) in [6.07, 6.45) is 5.47. The molecular formula is C16H33N3. The highest BCUT2D eigenvalue weighted by Gasteiger charge is 2.26. The summed E-state index contributed by atoms with van der Waals surface area (Å²) in [5, 5.41) is 3.73. The first-order valence-corrected chi connectivity index (χ1v) is 8.38. The first-order valence-electron chi connectivity index (χ1n) is 8.38. The van der Waals surface area contributed by atoms with Crippen molar-refractivity contribution in [1.82, 2.24) is 15.1 Å². The molecular weight excluding hydrogens is 234 g/mol. The van der Waals surface area contributed by atoms with Gasteiger partial charge in [-0.2, -0.15) is 0 Å². The summed E-state index contributed by atoms with van der Waals surface area (Å²) < 4.78 is 0. The lowest BCUT2D eigenvalue weighted by Crippen LogP contribution is -2.53. The van der Waals surface area contributed by atoms with Crippen LogP contribution in [0.3, 0.4) is 0 Å². The molecule has 1 aliphatic carbocycles. The third-order valence-corrected chi connectivity index (χ3v) is 4.39. The van der Waals surface area contributed by atoms with E-state index in [1.807, 2.05) is 0 Å². The lowest BCUT2D eigenvalue weighted by atomic mass is 10.1. The highest BCUT2D eigenvalue weighted by Crippen LogP contribution is 2.19. The largest absolute Gasteiger partial charge is 0.312 e. The fourth-order valence-corrected chi connectivity index (χ4v) is 3.16. The van der Waals surface area contributed by atoms with Gasteiger partial charge in [0.2, 0.25) is 0 Å². The van der Waals surface area contributed by atoms with Crippen LogP contribution in [0.4, 0.5) is 0 Å². The van der Waals surface area contributed by atoms with Gasteiger partial charge in [0.1, 0.15) is 0 Å². The van der Waals surface area contributed by atoms with Gasteiger partial charge in [0.25, 0.3) is 0 Å². The fraction of sp³-hybridized carbons (Fsp3) is 1.00.